The molecule has 2 rings (SSSR count). The Balaban J connectivity index is 2.02. The summed E-state index contributed by atoms with van der Waals surface area (Å²) < 4.78 is 0. The van der Waals surface area contributed by atoms with Gasteiger partial charge in [0.05, 0.1) is 5.69 Å². The van der Waals surface area contributed by atoms with Crippen LogP contribution in [0, 0.1) is 0 Å². The van der Waals surface area contributed by atoms with E-state index in [1.54, 1.807) is 7.05 Å². The quantitative estimate of drug-likeness (QED) is 0.658. The first kappa shape index (κ1) is 16.0. The first-order valence-corrected chi connectivity index (χ1v) is 7.70. The number of aromatic nitrogens is 1. The number of benzene rings is 1. The maximum absolute atomic E-state index is 4.40. The fourth-order valence-electron chi connectivity index (χ4n) is 2.09. The average Bonchev–Trinajstić information content (AvgIpc) is 2.59. The van der Waals surface area contributed by atoms with Gasteiger partial charge in [-0.25, -0.2) is 0 Å². The highest BCUT2D eigenvalue weighted by Gasteiger charge is 2.04. The Hall–Kier alpha value is -2.36. The minimum atomic E-state index is 0.408. The van der Waals surface area contributed by atoms with E-state index < -0.39 is 0 Å². The van der Waals surface area contributed by atoms with Crippen LogP contribution < -0.4 is 10.6 Å². The summed E-state index contributed by atoms with van der Waals surface area (Å²) in [6.45, 7) is 5.03. The van der Waals surface area contributed by atoms with Gasteiger partial charge in [-0.2, -0.15) is 0 Å². The molecule has 1 unspecified atom stereocenters. The third kappa shape index (κ3) is 4.58. The molecule has 4 nitrogen and oxygen atoms in total. The molecule has 0 fully saturated rings. The number of nitrogens with one attached hydrogen (secondary N) is 2. The molecule has 1 aromatic carbocycles. The average molecular weight is 296 g/mol. The third-order valence-electron chi connectivity index (χ3n) is 3.57. The van der Waals surface area contributed by atoms with Gasteiger partial charge >= 0.3 is 0 Å². The number of rotatable bonds is 5. The van der Waals surface area contributed by atoms with Gasteiger partial charge in [-0.1, -0.05) is 31.2 Å². The first-order chi connectivity index (χ1) is 10.7. The molecule has 1 aromatic heterocycles. The molecule has 116 valence electrons. The van der Waals surface area contributed by atoms with Crippen LogP contribution in [0.1, 0.15) is 25.8 Å². The molecule has 1 heterocycles. The summed E-state index contributed by atoms with van der Waals surface area (Å²) in [6, 6.07) is 14.8. The van der Waals surface area contributed by atoms with Crippen molar-refractivity contribution in [1.82, 2.24) is 15.6 Å². The van der Waals surface area contributed by atoms with Crippen LogP contribution >= 0.6 is 0 Å². The number of pyridine rings is 1. The Kier molecular flexibility index (Phi) is 5.95. The summed E-state index contributed by atoms with van der Waals surface area (Å²) in [5, 5.41) is 6.71. The van der Waals surface area contributed by atoms with Crippen LogP contribution in [-0.2, 0) is 6.54 Å². The van der Waals surface area contributed by atoms with Crippen LogP contribution in [0.15, 0.2) is 53.7 Å². The number of nitrogens with zero attached hydrogens (tertiary/aromatic N) is 2. The van der Waals surface area contributed by atoms with Crippen LogP contribution in [0.2, 0.25) is 0 Å². The number of hydrogen-bond donors (Lipinski definition) is 2. The van der Waals surface area contributed by atoms with Gasteiger partial charge in [0.25, 0.3) is 0 Å². The van der Waals surface area contributed by atoms with E-state index in [0.29, 0.717) is 6.04 Å². The molecule has 2 N–H and O–H groups in total. The molecule has 1 atom stereocenters. The zero-order valence-electron chi connectivity index (χ0n) is 13.5. The monoisotopic (exact) mass is 296 g/mol. The Morgan fingerprint density at radius 1 is 1.23 bits per heavy atom. The second kappa shape index (κ2) is 8.17. The highest BCUT2D eigenvalue weighted by Crippen LogP contribution is 2.17. The second-order valence-electron chi connectivity index (χ2n) is 5.29. The molecular formula is C18H24N4. The smallest absolute Gasteiger partial charge is 0.191 e. The molecule has 4 heteroatoms. The number of hydrogen-bond acceptors (Lipinski definition) is 2. The van der Waals surface area contributed by atoms with Crippen molar-refractivity contribution >= 4 is 5.96 Å². The van der Waals surface area contributed by atoms with E-state index in [2.05, 4.69) is 58.7 Å². The Morgan fingerprint density at radius 3 is 2.77 bits per heavy atom. The summed E-state index contributed by atoms with van der Waals surface area (Å²) in [6.07, 6.45) is 2.88. The van der Waals surface area contributed by atoms with Crippen molar-refractivity contribution in [1.29, 1.82) is 0 Å². The number of guanidine groups is 1. The van der Waals surface area contributed by atoms with Crippen molar-refractivity contribution in [2.75, 3.05) is 7.05 Å². The van der Waals surface area contributed by atoms with E-state index in [4.69, 9.17) is 0 Å². The van der Waals surface area contributed by atoms with Crippen molar-refractivity contribution in [3.63, 3.8) is 0 Å². The van der Waals surface area contributed by atoms with Gasteiger partial charge in [0.1, 0.15) is 0 Å². The Morgan fingerprint density at radius 2 is 2.09 bits per heavy atom. The lowest BCUT2D eigenvalue weighted by Gasteiger charge is -2.16. The molecular weight excluding hydrogens is 272 g/mol. The number of aliphatic imine (C=N–C) groups is 1. The molecule has 0 amide bonds. The molecule has 0 aliphatic rings. The first-order valence-electron chi connectivity index (χ1n) is 7.70. The Labute approximate surface area is 132 Å². The fourth-order valence-corrected chi connectivity index (χ4v) is 2.09. The molecule has 0 radical (unpaired) electrons. The lowest BCUT2D eigenvalue weighted by molar-refractivity contribution is 0.624. The standard InChI is InChI=1S/C18H24N4/c1-4-14(2)22-18(19-3)21-13-15-8-7-9-16(12-15)17-10-5-6-11-20-17/h5-12,14H,4,13H2,1-3H3,(H2,19,21,22). The molecule has 0 bridgehead atoms. The zero-order valence-corrected chi connectivity index (χ0v) is 13.5. The predicted molar refractivity (Wildman–Crippen MR) is 92.8 cm³/mol. The van der Waals surface area contributed by atoms with Crippen molar-refractivity contribution in [3.8, 4) is 11.3 Å². The lowest BCUT2D eigenvalue weighted by atomic mass is 10.1. The summed E-state index contributed by atoms with van der Waals surface area (Å²) >= 11 is 0. The SMILES string of the molecule is CCC(C)NC(=NC)NCc1cccc(-c2ccccn2)c1. The van der Waals surface area contributed by atoms with Crippen molar-refractivity contribution < 1.29 is 0 Å². The predicted octanol–water partition coefficient (Wildman–Crippen LogP) is 3.21. The van der Waals surface area contributed by atoms with E-state index in [9.17, 15) is 0 Å². The fraction of sp³-hybridized carbons (Fsp3) is 0.333. The molecule has 0 saturated heterocycles. The van der Waals surface area contributed by atoms with Gasteiger partial charge in [-0.05, 0) is 37.1 Å². The van der Waals surface area contributed by atoms with Gasteiger partial charge in [0.15, 0.2) is 5.96 Å². The van der Waals surface area contributed by atoms with E-state index in [1.165, 1.54) is 5.56 Å². The Bertz CT molecular complexity index is 607. The van der Waals surface area contributed by atoms with Gasteiger partial charge in [-0.15, -0.1) is 0 Å². The van der Waals surface area contributed by atoms with Crippen LogP contribution in [0.4, 0.5) is 0 Å². The van der Waals surface area contributed by atoms with Gasteiger partial charge in [-0.3, -0.25) is 9.98 Å². The summed E-state index contributed by atoms with van der Waals surface area (Å²) in [4.78, 5) is 8.65. The minimum absolute atomic E-state index is 0.408. The lowest BCUT2D eigenvalue weighted by Crippen LogP contribution is -2.41. The van der Waals surface area contributed by atoms with E-state index in [1.807, 2.05) is 24.4 Å². The summed E-state index contributed by atoms with van der Waals surface area (Å²) in [5.41, 5.74) is 3.33. The third-order valence-corrected chi connectivity index (χ3v) is 3.57. The molecule has 0 saturated carbocycles. The summed E-state index contributed by atoms with van der Waals surface area (Å²) in [7, 11) is 1.79. The van der Waals surface area contributed by atoms with Crippen LogP contribution in [0.3, 0.4) is 0 Å². The topological polar surface area (TPSA) is 49.3 Å². The zero-order chi connectivity index (χ0) is 15.8. The molecule has 2 aromatic rings. The minimum Gasteiger partial charge on any atom is -0.354 e. The van der Waals surface area contributed by atoms with Gasteiger partial charge < -0.3 is 10.6 Å². The maximum atomic E-state index is 4.40. The molecule has 22 heavy (non-hydrogen) atoms. The highest BCUT2D eigenvalue weighted by molar-refractivity contribution is 5.79. The molecule has 0 aliphatic carbocycles. The van der Waals surface area contributed by atoms with Crippen LogP contribution in [-0.4, -0.2) is 24.0 Å². The molecule has 0 spiro atoms. The van der Waals surface area contributed by atoms with Gasteiger partial charge in [0.2, 0.25) is 0 Å². The van der Waals surface area contributed by atoms with Crippen molar-refractivity contribution in [2.45, 2.75) is 32.9 Å². The highest BCUT2D eigenvalue weighted by atomic mass is 15.2. The maximum Gasteiger partial charge on any atom is 0.191 e. The summed E-state index contributed by atoms with van der Waals surface area (Å²) in [5.74, 6) is 0.831. The second-order valence-corrected chi connectivity index (χ2v) is 5.29. The molecule has 0 aliphatic heterocycles. The van der Waals surface area contributed by atoms with Gasteiger partial charge in [0, 0.05) is 31.4 Å². The van der Waals surface area contributed by atoms with Crippen molar-refractivity contribution in [2.24, 2.45) is 4.99 Å². The normalized spacial score (nSPS) is 12.8. The van der Waals surface area contributed by atoms with Crippen LogP contribution in [0.5, 0.6) is 0 Å². The van der Waals surface area contributed by atoms with E-state index in [-0.39, 0.29) is 0 Å². The largest absolute Gasteiger partial charge is 0.354 e. The van der Waals surface area contributed by atoms with Crippen LogP contribution in [0.25, 0.3) is 11.3 Å². The van der Waals surface area contributed by atoms with E-state index >= 15 is 0 Å². The van der Waals surface area contributed by atoms with E-state index in [0.717, 1.165) is 30.2 Å². The van der Waals surface area contributed by atoms with Crippen molar-refractivity contribution in [3.05, 3.63) is 54.2 Å².